The number of nitrogens with zero attached hydrogens (tertiary/aromatic N) is 2. The Labute approximate surface area is 140 Å². The molecule has 134 valence electrons. The van der Waals surface area contributed by atoms with E-state index in [-0.39, 0.29) is 33.4 Å². The van der Waals surface area contributed by atoms with E-state index in [1.807, 2.05) is 0 Å². The number of aromatic nitrogens is 4. The molecule has 0 saturated heterocycles. The van der Waals surface area contributed by atoms with Gasteiger partial charge in [0.2, 0.25) is 0 Å². The zero-order valence-electron chi connectivity index (χ0n) is 12.7. The number of H-pyrrole nitrogens is 2. The Kier molecular flexibility index (Phi) is 3.31. The second-order valence-corrected chi connectivity index (χ2v) is 5.52. The van der Waals surface area contributed by atoms with Gasteiger partial charge in [0.05, 0.1) is 35.4 Å². The molecular formula is C15H9F3N4O4. The number of oxazole rings is 1. The molecule has 1 aromatic carbocycles. The minimum Gasteiger partial charge on any atom is -0.407 e. The molecule has 3 heterocycles. The van der Waals surface area contributed by atoms with E-state index in [1.165, 1.54) is 6.20 Å². The molecule has 0 fully saturated rings. The highest BCUT2D eigenvalue weighted by atomic mass is 19.4. The van der Waals surface area contributed by atoms with E-state index < -0.39 is 29.7 Å². The number of alkyl halides is 3. The van der Waals surface area contributed by atoms with Gasteiger partial charge in [-0.05, 0) is 12.1 Å². The van der Waals surface area contributed by atoms with Crippen LogP contribution in [0.5, 0.6) is 0 Å². The van der Waals surface area contributed by atoms with Crippen molar-refractivity contribution < 1.29 is 22.7 Å². The van der Waals surface area contributed by atoms with Gasteiger partial charge >= 0.3 is 11.9 Å². The molecule has 0 atom stereocenters. The molecule has 0 unspecified atom stereocenters. The molecular weight excluding hydrogens is 357 g/mol. The Hall–Kier alpha value is -3.34. The maximum absolute atomic E-state index is 13.5. The number of aliphatic hydroxyl groups excluding tert-OH is 1. The lowest BCUT2D eigenvalue weighted by molar-refractivity contribution is -0.137. The maximum atomic E-state index is 13.5. The first-order valence-corrected chi connectivity index (χ1v) is 7.22. The van der Waals surface area contributed by atoms with Gasteiger partial charge in [0, 0.05) is 11.6 Å². The number of hydrogen-bond donors (Lipinski definition) is 3. The van der Waals surface area contributed by atoms with E-state index in [0.29, 0.717) is 0 Å². The van der Waals surface area contributed by atoms with Crippen LogP contribution in [0.15, 0.2) is 38.7 Å². The zero-order valence-corrected chi connectivity index (χ0v) is 12.7. The van der Waals surface area contributed by atoms with Crippen molar-refractivity contribution in [1.29, 1.82) is 0 Å². The van der Waals surface area contributed by atoms with Crippen LogP contribution in [0.1, 0.15) is 11.3 Å². The quantitative estimate of drug-likeness (QED) is 0.499. The van der Waals surface area contributed by atoms with Crippen LogP contribution < -0.4 is 11.3 Å². The van der Waals surface area contributed by atoms with E-state index in [0.717, 1.165) is 23.0 Å². The number of rotatable bonds is 2. The number of aromatic amines is 2. The lowest BCUT2D eigenvalue weighted by Gasteiger charge is -2.14. The van der Waals surface area contributed by atoms with Crippen LogP contribution in [0.4, 0.5) is 13.2 Å². The van der Waals surface area contributed by atoms with Gasteiger partial charge in [0.1, 0.15) is 0 Å². The number of fused-ring (bicyclic) bond motifs is 3. The van der Waals surface area contributed by atoms with Crippen molar-refractivity contribution in [3.8, 4) is 5.69 Å². The highest BCUT2D eigenvalue weighted by molar-refractivity contribution is 6.01. The monoisotopic (exact) mass is 366 g/mol. The topological polar surface area (TPSA) is 117 Å². The smallest absolute Gasteiger partial charge is 0.407 e. The van der Waals surface area contributed by atoms with Crippen molar-refractivity contribution in [3.05, 3.63) is 56.8 Å². The summed E-state index contributed by atoms with van der Waals surface area (Å²) in [5, 5.41) is 9.19. The summed E-state index contributed by atoms with van der Waals surface area (Å²) in [5.41, 5.74) is -2.37. The van der Waals surface area contributed by atoms with Gasteiger partial charge < -0.3 is 19.1 Å². The van der Waals surface area contributed by atoms with Crippen molar-refractivity contribution in [2.75, 3.05) is 0 Å². The maximum Gasteiger partial charge on any atom is 0.418 e. The molecule has 26 heavy (non-hydrogen) atoms. The summed E-state index contributed by atoms with van der Waals surface area (Å²) in [4.78, 5) is 31.7. The van der Waals surface area contributed by atoms with Crippen LogP contribution in [0.2, 0.25) is 0 Å². The van der Waals surface area contributed by atoms with Gasteiger partial charge in [0.15, 0.2) is 11.1 Å². The molecule has 3 N–H and O–H groups in total. The van der Waals surface area contributed by atoms with Crippen molar-refractivity contribution >= 4 is 22.0 Å². The van der Waals surface area contributed by atoms with E-state index in [9.17, 15) is 22.8 Å². The highest BCUT2D eigenvalue weighted by Crippen LogP contribution is 2.37. The first-order chi connectivity index (χ1) is 12.3. The van der Waals surface area contributed by atoms with Crippen LogP contribution in [-0.4, -0.2) is 24.6 Å². The number of pyridine rings is 1. The van der Waals surface area contributed by atoms with Crippen LogP contribution in [0.3, 0.4) is 0 Å². The third-order valence-electron chi connectivity index (χ3n) is 3.89. The van der Waals surface area contributed by atoms with Crippen molar-refractivity contribution in [2.24, 2.45) is 0 Å². The Morgan fingerprint density at radius 3 is 2.65 bits per heavy atom. The standard InChI is InChI=1S/C15H9F3N4O4/c16-15(17,18)8-2-9-7(1-10(8)22-3-6(4-23)19-5-22)12-11(13(24)20-9)21-14(25)26-12/h1-3,5,23H,4H2,(H,20,24)(H,21,25). The molecule has 0 aliphatic rings. The predicted octanol–water partition coefficient (Wildman–Crippen LogP) is 1.66. The molecule has 0 spiro atoms. The fourth-order valence-electron chi connectivity index (χ4n) is 2.76. The molecule has 0 saturated carbocycles. The lowest BCUT2D eigenvalue weighted by atomic mass is 10.1. The second-order valence-electron chi connectivity index (χ2n) is 5.52. The molecule has 4 aromatic rings. The van der Waals surface area contributed by atoms with Crippen LogP contribution in [0.25, 0.3) is 27.7 Å². The van der Waals surface area contributed by atoms with Crippen molar-refractivity contribution in [1.82, 2.24) is 19.5 Å². The van der Waals surface area contributed by atoms with Gasteiger partial charge in [0.25, 0.3) is 5.56 Å². The average Bonchev–Trinajstić information content (AvgIpc) is 3.19. The summed E-state index contributed by atoms with van der Waals surface area (Å²) in [6.45, 7) is -0.438. The van der Waals surface area contributed by atoms with Gasteiger partial charge in [-0.25, -0.2) is 9.78 Å². The third kappa shape index (κ3) is 2.40. The largest absolute Gasteiger partial charge is 0.418 e. The Morgan fingerprint density at radius 1 is 1.23 bits per heavy atom. The van der Waals surface area contributed by atoms with E-state index in [2.05, 4.69) is 15.0 Å². The summed E-state index contributed by atoms with van der Waals surface area (Å²) < 4.78 is 46.6. The van der Waals surface area contributed by atoms with Crippen molar-refractivity contribution in [3.63, 3.8) is 0 Å². The first kappa shape index (κ1) is 16.1. The number of halogens is 3. The number of benzene rings is 1. The fraction of sp³-hybridized carbons (Fsp3) is 0.133. The van der Waals surface area contributed by atoms with Crippen molar-refractivity contribution in [2.45, 2.75) is 12.8 Å². The van der Waals surface area contributed by atoms with Gasteiger partial charge in [-0.1, -0.05) is 0 Å². The summed E-state index contributed by atoms with van der Waals surface area (Å²) >= 11 is 0. The lowest BCUT2D eigenvalue weighted by Crippen LogP contribution is -2.12. The normalized spacial score (nSPS) is 12.3. The number of aliphatic hydroxyl groups is 1. The number of imidazole rings is 1. The molecule has 0 bridgehead atoms. The van der Waals surface area contributed by atoms with E-state index in [4.69, 9.17) is 9.52 Å². The third-order valence-corrected chi connectivity index (χ3v) is 3.89. The van der Waals surface area contributed by atoms with Gasteiger partial charge in [-0.15, -0.1) is 0 Å². The minimum absolute atomic E-state index is 0.111. The summed E-state index contributed by atoms with van der Waals surface area (Å²) in [7, 11) is 0. The van der Waals surface area contributed by atoms with Gasteiger partial charge in [-0.2, -0.15) is 13.2 Å². The first-order valence-electron chi connectivity index (χ1n) is 7.22. The zero-order chi connectivity index (χ0) is 18.6. The fourth-order valence-corrected chi connectivity index (χ4v) is 2.76. The number of nitrogens with one attached hydrogen (secondary N) is 2. The molecule has 0 radical (unpaired) electrons. The Balaban J connectivity index is 2.14. The SMILES string of the molecule is O=c1[nH]c2c(=O)[nH]c3cc(C(F)(F)F)c(-n4cnc(CO)c4)cc3c2o1. The molecule has 0 amide bonds. The molecule has 8 nitrogen and oxygen atoms in total. The summed E-state index contributed by atoms with van der Waals surface area (Å²) in [6, 6.07) is 1.90. The second kappa shape index (κ2) is 5.33. The Morgan fingerprint density at radius 2 is 2.00 bits per heavy atom. The predicted molar refractivity (Wildman–Crippen MR) is 83.0 cm³/mol. The average molecular weight is 366 g/mol. The van der Waals surface area contributed by atoms with E-state index >= 15 is 0 Å². The van der Waals surface area contributed by atoms with Gasteiger partial charge in [-0.3, -0.25) is 9.78 Å². The summed E-state index contributed by atoms with van der Waals surface area (Å²) in [5.74, 6) is -0.898. The highest BCUT2D eigenvalue weighted by Gasteiger charge is 2.35. The van der Waals surface area contributed by atoms with E-state index in [1.54, 1.807) is 0 Å². The van der Waals surface area contributed by atoms with Crippen LogP contribution in [0, 0.1) is 0 Å². The summed E-state index contributed by atoms with van der Waals surface area (Å²) in [6.07, 6.45) is -2.36. The molecule has 4 rings (SSSR count). The molecule has 11 heteroatoms. The number of hydrogen-bond acceptors (Lipinski definition) is 5. The molecule has 0 aliphatic heterocycles. The Bertz CT molecular complexity index is 1260. The van der Waals surface area contributed by atoms with Crippen LogP contribution in [-0.2, 0) is 12.8 Å². The molecule has 0 aliphatic carbocycles. The minimum atomic E-state index is -4.72. The van der Waals surface area contributed by atoms with Crippen LogP contribution >= 0.6 is 0 Å². The molecule has 3 aromatic heterocycles.